The number of aryl methyl sites for hydroxylation is 2. The van der Waals surface area contributed by atoms with Crippen LogP contribution in [0.15, 0.2) is 53.4 Å². The second kappa shape index (κ2) is 7.80. The third kappa shape index (κ3) is 4.67. The summed E-state index contributed by atoms with van der Waals surface area (Å²) >= 11 is 0. The van der Waals surface area contributed by atoms with Gasteiger partial charge in [0.25, 0.3) is 0 Å². The topological polar surface area (TPSA) is 66.5 Å². The molecule has 1 amide bonds. The number of likely N-dealkylation sites (N-methyl/N-ethyl adjacent to an activating group) is 1. The summed E-state index contributed by atoms with van der Waals surface area (Å²) in [6.07, 6.45) is 0. The molecular weight excluding hydrogens is 336 g/mol. The molecule has 6 heteroatoms. The summed E-state index contributed by atoms with van der Waals surface area (Å²) in [5, 5.41) is 2.85. The zero-order valence-electron chi connectivity index (χ0n) is 15.0. The molecule has 2 aromatic rings. The number of amides is 1. The van der Waals surface area contributed by atoms with E-state index in [1.807, 2.05) is 39.0 Å². The van der Waals surface area contributed by atoms with E-state index in [0.717, 1.165) is 15.4 Å². The van der Waals surface area contributed by atoms with Crippen molar-refractivity contribution >= 4 is 15.9 Å². The van der Waals surface area contributed by atoms with Crippen LogP contribution in [0.25, 0.3) is 0 Å². The maximum atomic E-state index is 12.5. The number of carbonyl (C=O) groups excluding carboxylic acids is 1. The number of sulfonamides is 1. The SMILES string of the molecule is Cc1ccc([C@H](C)NC(=O)CN(C)S(=O)(=O)c2ccccc2)cc1C. The second-order valence-electron chi connectivity index (χ2n) is 6.21. The van der Waals surface area contributed by atoms with Crippen molar-refractivity contribution in [1.82, 2.24) is 9.62 Å². The first-order chi connectivity index (χ1) is 11.7. The van der Waals surface area contributed by atoms with Crippen LogP contribution in [0, 0.1) is 13.8 Å². The monoisotopic (exact) mass is 360 g/mol. The van der Waals surface area contributed by atoms with Gasteiger partial charge in [-0.25, -0.2) is 8.42 Å². The minimum atomic E-state index is -3.67. The molecule has 2 rings (SSSR count). The van der Waals surface area contributed by atoms with Gasteiger partial charge in [0.1, 0.15) is 0 Å². The third-order valence-electron chi connectivity index (χ3n) is 4.23. The number of hydrogen-bond donors (Lipinski definition) is 1. The molecular formula is C19H24N2O3S. The van der Waals surface area contributed by atoms with E-state index in [2.05, 4.69) is 5.32 Å². The summed E-state index contributed by atoms with van der Waals surface area (Å²) < 4.78 is 26.0. The average Bonchev–Trinajstić information content (AvgIpc) is 2.57. The fourth-order valence-corrected chi connectivity index (χ4v) is 3.61. The Balaban J connectivity index is 2.03. The second-order valence-corrected chi connectivity index (χ2v) is 8.25. The zero-order chi connectivity index (χ0) is 18.6. The predicted octanol–water partition coefficient (Wildman–Crippen LogP) is 2.80. The first-order valence-corrected chi connectivity index (χ1v) is 9.53. The Kier molecular flexibility index (Phi) is 5.98. The van der Waals surface area contributed by atoms with Gasteiger partial charge in [-0.3, -0.25) is 4.79 Å². The summed E-state index contributed by atoms with van der Waals surface area (Å²) in [5.41, 5.74) is 3.34. The molecule has 0 heterocycles. The lowest BCUT2D eigenvalue weighted by atomic mass is 10.0. The Morgan fingerprint density at radius 3 is 2.32 bits per heavy atom. The van der Waals surface area contributed by atoms with Gasteiger partial charge in [0.05, 0.1) is 17.5 Å². The van der Waals surface area contributed by atoms with E-state index in [4.69, 9.17) is 0 Å². The Morgan fingerprint density at radius 1 is 1.08 bits per heavy atom. The number of nitrogens with one attached hydrogen (secondary N) is 1. The molecule has 0 fully saturated rings. The van der Waals surface area contributed by atoms with E-state index < -0.39 is 10.0 Å². The van der Waals surface area contributed by atoms with Crippen LogP contribution in [0.3, 0.4) is 0 Å². The minimum Gasteiger partial charge on any atom is -0.348 e. The van der Waals surface area contributed by atoms with Crippen LogP contribution in [0.2, 0.25) is 0 Å². The fraction of sp³-hybridized carbons (Fsp3) is 0.316. The lowest BCUT2D eigenvalue weighted by molar-refractivity contribution is -0.121. The van der Waals surface area contributed by atoms with Gasteiger partial charge in [-0.2, -0.15) is 4.31 Å². The van der Waals surface area contributed by atoms with Crippen molar-refractivity contribution in [2.75, 3.05) is 13.6 Å². The highest BCUT2D eigenvalue weighted by molar-refractivity contribution is 7.89. The van der Waals surface area contributed by atoms with Crippen LogP contribution in [0.1, 0.15) is 29.7 Å². The van der Waals surface area contributed by atoms with Gasteiger partial charge < -0.3 is 5.32 Å². The molecule has 0 spiro atoms. The normalized spacial score (nSPS) is 12.8. The minimum absolute atomic E-state index is 0.174. The number of carbonyl (C=O) groups is 1. The summed E-state index contributed by atoms with van der Waals surface area (Å²) in [6, 6.07) is 13.9. The molecule has 1 atom stereocenters. The summed E-state index contributed by atoms with van der Waals surface area (Å²) in [6.45, 7) is 5.71. The third-order valence-corrected chi connectivity index (χ3v) is 6.04. The first kappa shape index (κ1) is 19.1. The van der Waals surface area contributed by atoms with Gasteiger partial charge in [0, 0.05) is 7.05 Å². The molecule has 0 bridgehead atoms. The molecule has 25 heavy (non-hydrogen) atoms. The van der Waals surface area contributed by atoms with Crippen LogP contribution >= 0.6 is 0 Å². The quantitative estimate of drug-likeness (QED) is 0.861. The number of benzene rings is 2. The summed E-state index contributed by atoms with van der Waals surface area (Å²) in [4.78, 5) is 12.4. The molecule has 0 unspecified atom stereocenters. The average molecular weight is 360 g/mol. The standard InChI is InChI=1S/C19H24N2O3S/c1-14-10-11-17(12-15(14)2)16(3)20-19(22)13-21(4)25(23,24)18-8-6-5-7-9-18/h5-12,16H,13H2,1-4H3,(H,20,22)/t16-/m0/s1. The number of rotatable bonds is 6. The fourth-order valence-electron chi connectivity index (χ4n) is 2.46. The van der Waals surface area contributed by atoms with Crippen molar-refractivity contribution in [1.29, 1.82) is 0 Å². The van der Waals surface area contributed by atoms with Gasteiger partial charge in [-0.1, -0.05) is 36.4 Å². The van der Waals surface area contributed by atoms with Crippen molar-refractivity contribution in [3.63, 3.8) is 0 Å². The van der Waals surface area contributed by atoms with Crippen LogP contribution in [-0.4, -0.2) is 32.2 Å². The lowest BCUT2D eigenvalue weighted by Crippen LogP contribution is -2.39. The molecule has 1 N–H and O–H groups in total. The van der Waals surface area contributed by atoms with Crippen LogP contribution < -0.4 is 5.32 Å². The number of nitrogens with zero attached hydrogens (tertiary/aromatic N) is 1. The maximum absolute atomic E-state index is 12.5. The Labute approximate surface area is 149 Å². The van der Waals surface area contributed by atoms with Crippen LogP contribution in [0.4, 0.5) is 0 Å². The Morgan fingerprint density at radius 2 is 1.72 bits per heavy atom. The largest absolute Gasteiger partial charge is 0.348 e. The van der Waals surface area contributed by atoms with Crippen molar-refractivity contribution in [3.05, 3.63) is 65.2 Å². The summed E-state index contributed by atoms with van der Waals surface area (Å²) in [7, 11) is -2.27. The van der Waals surface area contributed by atoms with Gasteiger partial charge >= 0.3 is 0 Å². The first-order valence-electron chi connectivity index (χ1n) is 8.09. The van der Waals surface area contributed by atoms with Crippen molar-refractivity contribution in [2.24, 2.45) is 0 Å². The highest BCUT2D eigenvalue weighted by Crippen LogP contribution is 2.17. The highest BCUT2D eigenvalue weighted by atomic mass is 32.2. The molecule has 0 aliphatic carbocycles. The maximum Gasteiger partial charge on any atom is 0.243 e. The lowest BCUT2D eigenvalue weighted by Gasteiger charge is -2.20. The Hall–Kier alpha value is -2.18. The van der Waals surface area contributed by atoms with Gasteiger partial charge in [0.15, 0.2) is 0 Å². The molecule has 0 radical (unpaired) electrons. The van der Waals surface area contributed by atoms with Crippen molar-refractivity contribution in [3.8, 4) is 0 Å². The van der Waals surface area contributed by atoms with E-state index in [-0.39, 0.29) is 23.4 Å². The smallest absolute Gasteiger partial charge is 0.243 e. The van der Waals surface area contributed by atoms with Crippen molar-refractivity contribution < 1.29 is 13.2 Å². The van der Waals surface area contributed by atoms with Gasteiger partial charge in [-0.05, 0) is 49.6 Å². The highest BCUT2D eigenvalue weighted by Gasteiger charge is 2.23. The molecule has 0 aromatic heterocycles. The summed E-state index contributed by atoms with van der Waals surface area (Å²) in [5.74, 6) is -0.340. The molecule has 5 nitrogen and oxygen atoms in total. The van der Waals surface area contributed by atoms with E-state index in [1.54, 1.807) is 18.2 Å². The van der Waals surface area contributed by atoms with E-state index >= 15 is 0 Å². The van der Waals surface area contributed by atoms with Crippen LogP contribution in [0.5, 0.6) is 0 Å². The molecule has 0 aliphatic rings. The van der Waals surface area contributed by atoms with Crippen LogP contribution in [-0.2, 0) is 14.8 Å². The molecule has 0 aliphatic heterocycles. The van der Waals surface area contributed by atoms with E-state index in [9.17, 15) is 13.2 Å². The zero-order valence-corrected chi connectivity index (χ0v) is 15.8. The Bertz CT molecular complexity index is 848. The molecule has 0 saturated heterocycles. The van der Waals surface area contributed by atoms with E-state index in [0.29, 0.717) is 0 Å². The van der Waals surface area contributed by atoms with E-state index in [1.165, 1.54) is 24.7 Å². The molecule has 0 saturated carbocycles. The molecule has 2 aromatic carbocycles. The van der Waals surface area contributed by atoms with Crippen molar-refractivity contribution in [2.45, 2.75) is 31.7 Å². The van der Waals surface area contributed by atoms with Gasteiger partial charge in [-0.15, -0.1) is 0 Å². The predicted molar refractivity (Wildman–Crippen MR) is 98.7 cm³/mol. The number of hydrogen-bond acceptors (Lipinski definition) is 3. The van der Waals surface area contributed by atoms with Gasteiger partial charge in [0.2, 0.25) is 15.9 Å². The molecule has 134 valence electrons.